The molecule has 0 aliphatic carbocycles. The highest BCUT2D eigenvalue weighted by atomic mass is 16.5. The van der Waals surface area contributed by atoms with Crippen molar-refractivity contribution in [3.05, 3.63) is 17.5 Å². The number of aromatic nitrogens is 2. The van der Waals surface area contributed by atoms with Gasteiger partial charge in [0, 0.05) is 11.4 Å². The first-order chi connectivity index (χ1) is 6.72. The van der Waals surface area contributed by atoms with Gasteiger partial charge in [0.2, 0.25) is 0 Å². The Morgan fingerprint density at radius 3 is 3.00 bits per heavy atom. The molecule has 2 rings (SSSR count). The monoisotopic (exact) mass is 191 g/mol. The summed E-state index contributed by atoms with van der Waals surface area (Å²) < 4.78 is 5.12. The molecule has 2 aromatic rings. The van der Waals surface area contributed by atoms with Gasteiger partial charge in [0.25, 0.3) is 5.71 Å². The molecule has 14 heavy (non-hydrogen) atoms. The summed E-state index contributed by atoms with van der Waals surface area (Å²) in [7, 11) is 0. The van der Waals surface area contributed by atoms with E-state index in [-0.39, 0.29) is 0 Å². The van der Waals surface area contributed by atoms with Crippen molar-refractivity contribution in [3.63, 3.8) is 0 Å². The first kappa shape index (κ1) is 8.99. The van der Waals surface area contributed by atoms with Crippen LogP contribution in [0.2, 0.25) is 0 Å². The summed E-state index contributed by atoms with van der Waals surface area (Å²) in [5.74, 6) is 0. The minimum absolute atomic E-state index is 0.547. The fraction of sp³-hybridized carbons (Fsp3) is 0.400. The van der Waals surface area contributed by atoms with Crippen LogP contribution in [0.4, 0.5) is 5.69 Å². The Hall–Kier alpha value is -1.58. The molecule has 2 aromatic heterocycles. The summed E-state index contributed by atoms with van der Waals surface area (Å²) in [6.07, 6.45) is 1.90. The molecule has 0 radical (unpaired) electrons. The average molecular weight is 191 g/mol. The molecule has 0 saturated heterocycles. The van der Waals surface area contributed by atoms with E-state index in [9.17, 15) is 0 Å². The third-order valence-corrected chi connectivity index (χ3v) is 2.16. The number of nitrogen functional groups attached to an aromatic ring is 1. The van der Waals surface area contributed by atoms with E-state index in [1.807, 2.05) is 13.0 Å². The number of hydrogen-bond acceptors (Lipinski definition) is 4. The number of fused-ring (bicyclic) bond motifs is 1. The molecule has 4 heteroatoms. The summed E-state index contributed by atoms with van der Waals surface area (Å²) in [6.45, 7) is 3.98. The number of hydrogen-bond donors (Lipinski definition) is 1. The fourth-order valence-corrected chi connectivity index (χ4v) is 1.58. The minimum atomic E-state index is 0.547. The fourth-order valence-electron chi connectivity index (χ4n) is 1.58. The number of rotatable bonds is 2. The van der Waals surface area contributed by atoms with Crippen LogP contribution in [0.3, 0.4) is 0 Å². The summed E-state index contributed by atoms with van der Waals surface area (Å²) >= 11 is 0. The van der Waals surface area contributed by atoms with Crippen LogP contribution in [0.25, 0.3) is 11.1 Å². The van der Waals surface area contributed by atoms with Crippen LogP contribution in [0, 0.1) is 6.92 Å². The average Bonchev–Trinajstić information content (AvgIpc) is 2.49. The maximum atomic E-state index is 5.89. The van der Waals surface area contributed by atoms with E-state index >= 15 is 0 Å². The molecule has 0 amide bonds. The zero-order chi connectivity index (χ0) is 10.1. The van der Waals surface area contributed by atoms with Gasteiger partial charge in [-0.2, -0.15) is 0 Å². The zero-order valence-corrected chi connectivity index (χ0v) is 8.37. The van der Waals surface area contributed by atoms with Crippen LogP contribution in [-0.4, -0.2) is 10.1 Å². The second-order valence-corrected chi connectivity index (χ2v) is 3.41. The predicted molar refractivity (Wildman–Crippen MR) is 54.9 cm³/mol. The maximum Gasteiger partial charge on any atom is 0.260 e. The van der Waals surface area contributed by atoms with Crippen molar-refractivity contribution >= 4 is 16.8 Å². The third-order valence-electron chi connectivity index (χ3n) is 2.16. The van der Waals surface area contributed by atoms with Crippen LogP contribution < -0.4 is 5.73 Å². The lowest BCUT2D eigenvalue weighted by molar-refractivity contribution is 0.438. The molecule has 0 unspecified atom stereocenters. The van der Waals surface area contributed by atoms with Gasteiger partial charge in [0.15, 0.2) is 0 Å². The van der Waals surface area contributed by atoms with E-state index in [4.69, 9.17) is 10.3 Å². The lowest BCUT2D eigenvalue weighted by Crippen LogP contribution is -1.92. The Morgan fingerprint density at radius 1 is 1.50 bits per heavy atom. The van der Waals surface area contributed by atoms with E-state index in [1.165, 1.54) is 0 Å². The van der Waals surface area contributed by atoms with Crippen molar-refractivity contribution in [3.8, 4) is 0 Å². The van der Waals surface area contributed by atoms with Gasteiger partial charge in [0.05, 0.1) is 11.1 Å². The molecule has 0 saturated carbocycles. The first-order valence-electron chi connectivity index (χ1n) is 4.73. The topological polar surface area (TPSA) is 64.9 Å². The number of aryl methyl sites for hydroxylation is 2. The molecular weight excluding hydrogens is 178 g/mol. The highest BCUT2D eigenvalue weighted by Gasteiger charge is 2.11. The third kappa shape index (κ3) is 1.32. The van der Waals surface area contributed by atoms with E-state index in [1.54, 1.807) is 0 Å². The Balaban J connectivity index is 2.66. The van der Waals surface area contributed by atoms with Crippen LogP contribution in [-0.2, 0) is 6.42 Å². The molecule has 2 heterocycles. The van der Waals surface area contributed by atoms with Gasteiger partial charge < -0.3 is 10.3 Å². The van der Waals surface area contributed by atoms with E-state index < -0.39 is 0 Å². The number of nitrogens with zero attached hydrogens (tertiary/aromatic N) is 2. The van der Waals surface area contributed by atoms with Crippen molar-refractivity contribution in [1.29, 1.82) is 0 Å². The second-order valence-electron chi connectivity index (χ2n) is 3.41. The summed E-state index contributed by atoms with van der Waals surface area (Å²) in [5, 5.41) is 4.84. The normalized spacial score (nSPS) is 11.0. The van der Waals surface area contributed by atoms with Gasteiger partial charge in [-0.1, -0.05) is 18.5 Å². The molecule has 2 N–H and O–H groups in total. The van der Waals surface area contributed by atoms with Crippen molar-refractivity contribution < 1.29 is 4.52 Å². The molecule has 0 spiro atoms. The highest BCUT2D eigenvalue weighted by molar-refractivity contribution is 5.88. The van der Waals surface area contributed by atoms with Crippen LogP contribution in [0.15, 0.2) is 10.6 Å². The smallest absolute Gasteiger partial charge is 0.260 e. The summed E-state index contributed by atoms with van der Waals surface area (Å²) in [5.41, 5.74) is 8.91. The molecule has 74 valence electrons. The lowest BCUT2D eigenvalue weighted by atomic mass is 10.1. The van der Waals surface area contributed by atoms with E-state index in [0.29, 0.717) is 11.4 Å². The molecular formula is C10H13N3O. The van der Waals surface area contributed by atoms with Gasteiger partial charge in [-0.3, -0.25) is 0 Å². The van der Waals surface area contributed by atoms with Gasteiger partial charge in [-0.25, -0.2) is 4.98 Å². The maximum absolute atomic E-state index is 5.89. The largest absolute Gasteiger partial charge is 0.398 e. The number of pyridine rings is 1. The Bertz CT molecular complexity index is 462. The van der Waals surface area contributed by atoms with Crippen molar-refractivity contribution in [2.45, 2.75) is 26.7 Å². The van der Waals surface area contributed by atoms with Crippen molar-refractivity contribution in [1.82, 2.24) is 10.1 Å². The molecule has 0 atom stereocenters. The SMILES string of the molecule is CCCc1noc2nc(C)cc(N)c12. The predicted octanol–water partition coefficient (Wildman–Crippen LogP) is 2.07. The number of anilines is 1. The van der Waals surface area contributed by atoms with Crippen molar-refractivity contribution in [2.75, 3.05) is 5.73 Å². The van der Waals surface area contributed by atoms with Crippen LogP contribution in [0.5, 0.6) is 0 Å². The Morgan fingerprint density at radius 2 is 2.29 bits per heavy atom. The second kappa shape index (κ2) is 3.29. The quantitative estimate of drug-likeness (QED) is 0.789. The molecule has 0 bridgehead atoms. The standard InChI is InChI=1S/C10H13N3O/c1-3-4-8-9-7(11)5-6(2)12-10(9)14-13-8/h5H,3-4H2,1-2H3,(H2,11,12). The molecule has 0 aromatic carbocycles. The summed E-state index contributed by atoms with van der Waals surface area (Å²) in [4.78, 5) is 4.23. The Labute approximate surface area is 82.1 Å². The van der Waals surface area contributed by atoms with Crippen LogP contribution in [0.1, 0.15) is 24.7 Å². The number of nitrogens with two attached hydrogens (primary N) is 1. The minimum Gasteiger partial charge on any atom is -0.398 e. The van der Waals surface area contributed by atoms with E-state index in [2.05, 4.69) is 17.1 Å². The van der Waals surface area contributed by atoms with Gasteiger partial charge in [-0.05, 0) is 19.4 Å². The van der Waals surface area contributed by atoms with Gasteiger partial charge in [0.1, 0.15) is 0 Å². The van der Waals surface area contributed by atoms with Gasteiger partial charge in [-0.15, -0.1) is 0 Å². The summed E-state index contributed by atoms with van der Waals surface area (Å²) in [6, 6.07) is 1.85. The molecule has 0 aliphatic heterocycles. The zero-order valence-electron chi connectivity index (χ0n) is 8.37. The van der Waals surface area contributed by atoms with Crippen molar-refractivity contribution in [2.24, 2.45) is 0 Å². The van der Waals surface area contributed by atoms with Gasteiger partial charge >= 0.3 is 0 Å². The van der Waals surface area contributed by atoms with E-state index in [0.717, 1.165) is 29.6 Å². The lowest BCUT2D eigenvalue weighted by Gasteiger charge is -1.97. The molecule has 0 aliphatic rings. The highest BCUT2D eigenvalue weighted by Crippen LogP contribution is 2.24. The molecule has 4 nitrogen and oxygen atoms in total. The Kier molecular flexibility index (Phi) is 2.11. The first-order valence-corrected chi connectivity index (χ1v) is 4.73. The molecule has 0 fully saturated rings. The van der Waals surface area contributed by atoms with Crippen LogP contribution >= 0.6 is 0 Å².